The zero-order valence-electron chi connectivity index (χ0n) is 12.7. The summed E-state index contributed by atoms with van der Waals surface area (Å²) in [7, 11) is 0. The van der Waals surface area contributed by atoms with Crippen LogP contribution in [-0.4, -0.2) is 27.0 Å². The SMILES string of the molecule is CCCCOc1nc(C)nc(NC(C)(C)C)c1[N+](=O)[O-]. The highest BCUT2D eigenvalue weighted by molar-refractivity contribution is 5.62. The van der Waals surface area contributed by atoms with Crippen LogP contribution in [-0.2, 0) is 0 Å². The zero-order chi connectivity index (χ0) is 15.3. The number of anilines is 1. The molecule has 1 aromatic rings. The quantitative estimate of drug-likeness (QED) is 0.490. The summed E-state index contributed by atoms with van der Waals surface area (Å²) in [6.45, 7) is 9.84. The second kappa shape index (κ2) is 6.49. The van der Waals surface area contributed by atoms with E-state index in [2.05, 4.69) is 15.3 Å². The monoisotopic (exact) mass is 282 g/mol. The van der Waals surface area contributed by atoms with Gasteiger partial charge in [-0.2, -0.15) is 4.98 Å². The van der Waals surface area contributed by atoms with Crippen molar-refractivity contribution in [1.82, 2.24) is 9.97 Å². The molecule has 0 spiro atoms. The van der Waals surface area contributed by atoms with Crippen molar-refractivity contribution in [2.75, 3.05) is 11.9 Å². The van der Waals surface area contributed by atoms with Gasteiger partial charge in [-0.3, -0.25) is 10.1 Å². The Bertz CT molecular complexity index is 483. The molecule has 7 nitrogen and oxygen atoms in total. The van der Waals surface area contributed by atoms with Crippen molar-refractivity contribution in [1.29, 1.82) is 0 Å². The van der Waals surface area contributed by atoms with E-state index in [9.17, 15) is 10.1 Å². The number of aryl methyl sites for hydroxylation is 1. The molecular weight excluding hydrogens is 260 g/mol. The second-order valence-electron chi connectivity index (χ2n) is 5.61. The molecule has 1 heterocycles. The summed E-state index contributed by atoms with van der Waals surface area (Å²) in [6.07, 6.45) is 1.77. The molecule has 0 fully saturated rings. The number of hydrogen-bond donors (Lipinski definition) is 1. The smallest absolute Gasteiger partial charge is 0.372 e. The average molecular weight is 282 g/mol. The summed E-state index contributed by atoms with van der Waals surface area (Å²) in [5.41, 5.74) is -0.548. The topological polar surface area (TPSA) is 90.2 Å². The molecule has 1 N–H and O–H groups in total. The summed E-state index contributed by atoms with van der Waals surface area (Å²) < 4.78 is 5.44. The van der Waals surface area contributed by atoms with Gasteiger partial charge in [-0.1, -0.05) is 13.3 Å². The van der Waals surface area contributed by atoms with Gasteiger partial charge in [-0.15, -0.1) is 0 Å². The van der Waals surface area contributed by atoms with Gasteiger partial charge in [-0.05, 0) is 34.1 Å². The third-order valence-corrected chi connectivity index (χ3v) is 2.38. The van der Waals surface area contributed by atoms with Crippen molar-refractivity contribution in [2.24, 2.45) is 0 Å². The van der Waals surface area contributed by atoms with E-state index in [0.717, 1.165) is 12.8 Å². The van der Waals surface area contributed by atoms with Crippen LogP contribution in [0.4, 0.5) is 11.5 Å². The van der Waals surface area contributed by atoms with E-state index in [1.165, 1.54) is 0 Å². The number of nitro groups is 1. The van der Waals surface area contributed by atoms with E-state index in [4.69, 9.17) is 4.74 Å². The van der Waals surface area contributed by atoms with Gasteiger partial charge in [0.1, 0.15) is 5.82 Å². The van der Waals surface area contributed by atoms with Crippen LogP contribution < -0.4 is 10.1 Å². The number of rotatable bonds is 6. The Kier molecular flexibility index (Phi) is 5.24. The molecule has 0 bridgehead atoms. The molecule has 0 saturated heterocycles. The van der Waals surface area contributed by atoms with Crippen molar-refractivity contribution in [3.8, 4) is 5.88 Å². The van der Waals surface area contributed by atoms with Gasteiger partial charge in [0, 0.05) is 5.54 Å². The molecule has 0 unspecified atom stereocenters. The first-order chi connectivity index (χ1) is 9.24. The predicted molar refractivity (Wildman–Crippen MR) is 77.2 cm³/mol. The summed E-state index contributed by atoms with van der Waals surface area (Å²) in [5, 5.41) is 14.3. The first kappa shape index (κ1) is 16.1. The van der Waals surface area contributed by atoms with E-state index in [0.29, 0.717) is 12.4 Å². The highest BCUT2D eigenvalue weighted by Crippen LogP contribution is 2.33. The molecular formula is C13H22N4O3. The maximum Gasteiger partial charge on any atom is 0.372 e. The maximum absolute atomic E-state index is 11.3. The fourth-order valence-corrected chi connectivity index (χ4v) is 1.56. The van der Waals surface area contributed by atoms with Crippen molar-refractivity contribution in [3.63, 3.8) is 0 Å². The lowest BCUT2D eigenvalue weighted by Crippen LogP contribution is -2.27. The van der Waals surface area contributed by atoms with Gasteiger partial charge < -0.3 is 10.1 Å². The number of aromatic nitrogens is 2. The molecule has 0 aliphatic carbocycles. The third kappa shape index (κ3) is 4.64. The number of hydrogen-bond acceptors (Lipinski definition) is 6. The van der Waals surface area contributed by atoms with Gasteiger partial charge in [0.2, 0.25) is 5.82 Å². The Morgan fingerprint density at radius 2 is 2.00 bits per heavy atom. The molecule has 0 saturated carbocycles. The van der Waals surface area contributed by atoms with Gasteiger partial charge >= 0.3 is 5.69 Å². The van der Waals surface area contributed by atoms with Crippen LogP contribution in [0.2, 0.25) is 0 Å². The van der Waals surface area contributed by atoms with Gasteiger partial charge in [0.15, 0.2) is 0 Å². The first-order valence-corrected chi connectivity index (χ1v) is 6.68. The lowest BCUT2D eigenvalue weighted by molar-refractivity contribution is -0.385. The normalized spacial score (nSPS) is 11.2. The van der Waals surface area contributed by atoms with E-state index >= 15 is 0 Å². The van der Waals surface area contributed by atoms with Crippen molar-refractivity contribution in [2.45, 2.75) is 53.0 Å². The van der Waals surface area contributed by atoms with Crippen LogP contribution in [0.3, 0.4) is 0 Å². The number of nitrogens with one attached hydrogen (secondary N) is 1. The minimum absolute atomic E-state index is 0.0303. The zero-order valence-corrected chi connectivity index (χ0v) is 12.7. The van der Waals surface area contributed by atoms with E-state index in [1.807, 2.05) is 27.7 Å². The Labute approximate surface area is 118 Å². The molecule has 0 aliphatic heterocycles. The fraction of sp³-hybridized carbons (Fsp3) is 0.692. The molecule has 1 rings (SSSR count). The van der Waals surface area contributed by atoms with Gasteiger partial charge in [0.25, 0.3) is 5.88 Å². The number of ether oxygens (including phenoxy) is 1. The van der Waals surface area contributed by atoms with E-state index in [-0.39, 0.29) is 22.9 Å². The van der Waals surface area contributed by atoms with Gasteiger partial charge in [-0.25, -0.2) is 4.98 Å². The summed E-state index contributed by atoms with van der Waals surface area (Å²) in [5.74, 6) is 0.665. The van der Waals surface area contributed by atoms with Crippen LogP contribution >= 0.6 is 0 Å². The Balaban J connectivity index is 3.18. The standard InChI is InChI=1S/C13H22N4O3/c1-6-7-8-20-12-10(17(18)19)11(14-9(2)15-12)16-13(3,4)5/h6-8H2,1-5H3,(H,14,15,16). The minimum atomic E-state index is -0.505. The molecule has 7 heteroatoms. The molecule has 0 atom stereocenters. The Morgan fingerprint density at radius 1 is 1.35 bits per heavy atom. The molecule has 0 aromatic carbocycles. The van der Waals surface area contributed by atoms with Crippen molar-refractivity contribution in [3.05, 3.63) is 15.9 Å². The molecule has 0 radical (unpaired) electrons. The maximum atomic E-state index is 11.3. The largest absolute Gasteiger partial charge is 0.473 e. The molecule has 20 heavy (non-hydrogen) atoms. The van der Waals surface area contributed by atoms with E-state index < -0.39 is 4.92 Å². The Hall–Kier alpha value is -1.92. The summed E-state index contributed by atoms with van der Waals surface area (Å²) >= 11 is 0. The van der Waals surface area contributed by atoms with Crippen LogP contribution in [0.15, 0.2) is 0 Å². The highest BCUT2D eigenvalue weighted by atomic mass is 16.6. The summed E-state index contributed by atoms with van der Waals surface area (Å²) in [4.78, 5) is 18.9. The minimum Gasteiger partial charge on any atom is -0.473 e. The summed E-state index contributed by atoms with van der Waals surface area (Å²) in [6, 6.07) is 0. The van der Waals surface area contributed by atoms with E-state index in [1.54, 1.807) is 6.92 Å². The third-order valence-electron chi connectivity index (χ3n) is 2.38. The fourth-order valence-electron chi connectivity index (χ4n) is 1.56. The van der Waals surface area contributed by atoms with Crippen LogP contribution in [0, 0.1) is 17.0 Å². The lowest BCUT2D eigenvalue weighted by Gasteiger charge is -2.21. The number of nitrogens with zero attached hydrogens (tertiary/aromatic N) is 3. The first-order valence-electron chi connectivity index (χ1n) is 6.68. The van der Waals surface area contributed by atoms with Crippen molar-refractivity contribution < 1.29 is 9.66 Å². The van der Waals surface area contributed by atoms with Crippen LogP contribution in [0.5, 0.6) is 5.88 Å². The second-order valence-corrected chi connectivity index (χ2v) is 5.61. The van der Waals surface area contributed by atoms with Crippen LogP contribution in [0.25, 0.3) is 0 Å². The molecule has 0 aliphatic rings. The highest BCUT2D eigenvalue weighted by Gasteiger charge is 2.28. The van der Waals surface area contributed by atoms with Crippen LogP contribution in [0.1, 0.15) is 46.4 Å². The number of unbranched alkanes of at least 4 members (excludes halogenated alkanes) is 1. The average Bonchev–Trinajstić information content (AvgIpc) is 2.25. The van der Waals surface area contributed by atoms with Crippen molar-refractivity contribution >= 4 is 11.5 Å². The lowest BCUT2D eigenvalue weighted by atomic mass is 10.1. The Morgan fingerprint density at radius 3 is 2.50 bits per heavy atom. The molecule has 1 aromatic heterocycles. The molecule has 112 valence electrons. The predicted octanol–water partition coefficient (Wildman–Crippen LogP) is 3.08. The molecule has 0 amide bonds. The van der Waals surface area contributed by atoms with Gasteiger partial charge in [0.05, 0.1) is 11.5 Å².